The van der Waals surface area contributed by atoms with Crippen molar-refractivity contribution in [2.75, 3.05) is 13.2 Å². The van der Waals surface area contributed by atoms with E-state index < -0.39 is 0 Å². The van der Waals surface area contributed by atoms with Gasteiger partial charge in [0, 0.05) is 12.8 Å². The van der Waals surface area contributed by atoms with E-state index in [1.807, 2.05) is 19.9 Å². The smallest absolute Gasteiger partial charge is 0.305 e. The molecule has 0 aromatic heterocycles. The summed E-state index contributed by atoms with van der Waals surface area (Å²) in [5.41, 5.74) is 0. The minimum absolute atomic E-state index is 0.184. The summed E-state index contributed by atoms with van der Waals surface area (Å²) in [6.07, 6.45) is 7.91. The van der Waals surface area contributed by atoms with Crippen LogP contribution >= 0.6 is 0 Å². The number of carbonyl (C=O) groups excluding carboxylic acids is 2. The highest BCUT2D eigenvalue weighted by molar-refractivity contribution is 5.70. The second kappa shape index (κ2) is 12.7. The Balaban J connectivity index is 3.43. The summed E-state index contributed by atoms with van der Waals surface area (Å²) in [5, 5.41) is 0. The van der Waals surface area contributed by atoms with Gasteiger partial charge in [0.15, 0.2) is 0 Å². The SMILES string of the molecule is CC/C=C\CCOC(=O)CCCCC(=O)OCC(C)C. The lowest BCUT2D eigenvalue weighted by Crippen LogP contribution is -2.10. The molecule has 4 heteroatoms. The summed E-state index contributed by atoms with van der Waals surface area (Å²) >= 11 is 0. The summed E-state index contributed by atoms with van der Waals surface area (Å²) in [5.74, 6) is -0.0158. The second-order valence-corrected chi connectivity index (χ2v) is 5.17. The van der Waals surface area contributed by atoms with Crippen molar-refractivity contribution >= 4 is 11.9 Å². The van der Waals surface area contributed by atoms with Crippen LogP contribution in [0.4, 0.5) is 0 Å². The number of esters is 2. The molecule has 0 heterocycles. The van der Waals surface area contributed by atoms with E-state index in [0.717, 1.165) is 12.8 Å². The number of rotatable bonds is 11. The van der Waals surface area contributed by atoms with Gasteiger partial charge in [0.25, 0.3) is 0 Å². The quantitative estimate of drug-likeness (QED) is 0.330. The summed E-state index contributed by atoms with van der Waals surface area (Å²) < 4.78 is 10.1. The van der Waals surface area contributed by atoms with Gasteiger partial charge in [-0.2, -0.15) is 0 Å². The molecule has 0 unspecified atom stereocenters. The number of unbranched alkanes of at least 4 members (excludes halogenated alkanes) is 1. The van der Waals surface area contributed by atoms with Crippen LogP contribution in [0, 0.1) is 5.92 Å². The highest BCUT2D eigenvalue weighted by Gasteiger charge is 2.06. The molecule has 4 nitrogen and oxygen atoms in total. The van der Waals surface area contributed by atoms with Gasteiger partial charge in [-0.05, 0) is 31.6 Å². The molecule has 0 aromatic rings. The molecule has 0 aliphatic carbocycles. The van der Waals surface area contributed by atoms with E-state index in [0.29, 0.717) is 44.8 Å². The highest BCUT2D eigenvalue weighted by atomic mass is 16.5. The van der Waals surface area contributed by atoms with E-state index in [1.165, 1.54) is 0 Å². The van der Waals surface area contributed by atoms with Crippen LogP contribution in [-0.2, 0) is 19.1 Å². The Morgan fingerprint density at radius 1 is 1.00 bits per heavy atom. The van der Waals surface area contributed by atoms with Gasteiger partial charge in [-0.15, -0.1) is 0 Å². The fourth-order valence-electron chi connectivity index (χ4n) is 1.47. The van der Waals surface area contributed by atoms with Crippen LogP contribution in [0.15, 0.2) is 12.2 Å². The van der Waals surface area contributed by atoms with Crippen LogP contribution < -0.4 is 0 Å². The first-order chi connectivity index (χ1) is 9.56. The molecule has 0 rings (SSSR count). The van der Waals surface area contributed by atoms with Crippen molar-refractivity contribution in [1.82, 2.24) is 0 Å². The number of ether oxygens (including phenoxy) is 2. The standard InChI is InChI=1S/C16H28O4/c1-4-5-6-9-12-19-15(17)10-7-8-11-16(18)20-13-14(2)3/h5-6,14H,4,7-13H2,1-3H3/b6-5-. The zero-order valence-electron chi connectivity index (χ0n) is 13.0. The van der Waals surface area contributed by atoms with Crippen molar-refractivity contribution < 1.29 is 19.1 Å². The van der Waals surface area contributed by atoms with Crippen molar-refractivity contribution in [3.8, 4) is 0 Å². The number of carbonyl (C=O) groups is 2. The first-order valence-electron chi connectivity index (χ1n) is 7.52. The predicted molar refractivity (Wildman–Crippen MR) is 79.3 cm³/mol. The molecular weight excluding hydrogens is 256 g/mol. The topological polar surface area (TPSA) is 52.6 Å². The van der Waals surface area contributed by atoms with Crippen molar-refractivity contribution in [2.24, 2.45) is 5.92 Å². The van der Waals surface area contributed by atoms with Crippen molar-refractivity contribution in [3.05, 3.63) is 12.2 Å². The highest BCUT2D eigenvalue weighted by Crippen LogP contribution is 2.04. The minimum Gasteiger partial charge on any atom is -0.465 e. The van der Waals surface area contributed by atoms with Gasteiger partial charge in [-0.1, -0.05) is 32.9 Å². The van der Waals surface area contributed by atoms with Gasteiger partial charge >= 0.3 is 11.9 Å². The molecule has 20 heavy (non-hydrogen) atoms. The molecule has 116 valence electrons. The van der Waals surface area contributed by atoms with Crippen molar-refractivity contribution in [2.45, 2.75) is 59.3 Å². The molecular formula is C16H28O4. The van der Waals surface area contributed by atoms with Crippen molar-refractivity contribution in [3.63, 3.8) is 0 Å². The van der Waals surface area contributed by atoms with Crippen LogP contribution in [0.3, 0.4) is 0 Å². The molecule has 0 aromatic carbocycles. The number of hydrogen-bond donors (Lipinski definition) is 0. The Labute approximate surface area is 122 Å². The lowest BCUT2D eigenvalue weighted by molar-refractivity contribution is -0.146. The second-order valence-electron chi connectivity index (χ2n) is 5.17. The fourth-order valence-corrected chi connectivity index (χ4v) is 1.47. The molecule has 0 fully saturated rings. The lowest BCUT2D eigenvalue weighted by atomic mass is 10.2. The molecule has 0 N–H and O–H groups in total. The van der Waals surface area contributed by atoms with Crippen LogP contribution in [-0.4, -0.2) is 25.2 Å². The summed E-state index contributed by atoms with van der Waals surface area (Å²) in [4.78, 5) is 22.7. The zero-order chi connectivity index (χ0) is 15.2. The molecule has 0 aliphatic rings. The first-order valence-corrected chi connectivity index (χ1v) is 7.52. The third-order valence-corrected chi connectivity index (χ3v) is 2.54. The molecule has 0 amide bonds. The van der Waals surface area contributed by atoms with E-state index in [9.17, 15) is 9.59 Å². The maximum Gasteiger partial charge on any atom is 0.305 e. The van der Waals surface area contributed by atoms with Gasteiger partial charge in [0.2, 0.25) is 0 Å². The third-order valence-electron chi connectivity index (χ3n) is 2.54. The van der Waals surface area contributed by atoms with E-state index >= 15 is 0 Å². The van der Waals surface area contributed by atoms with Crippen LogP contribution in [0.25, 0.3) is 0 Å². The zero-order valence-corrected chi connectivity index (χ0v) is 13.0. The Morgan fingerprint density at radius 2 is 1.60 bits per heavy atom. The predicted octanol–water partition coefficient (Wildman–Crippen LogP) is 3.65. The van der Waals surface area contributed by atoms with Gasteiger partial charge in [0.1, 0.15) is 0 Å². The number of hydrogen-bond acceptors (Lipinski definition) is 4. The first kappa shape index (κ1) is 18.7. The number of allylic oxidation sites excluding steroid dienone is 1. The minimum atomic E-state index is -0.189. The van der Waals surface area contributed by atoms with E-state index in [2.05, 4.69) is 13.0 Å². The normalized spacial score (nSPS) is 11.0. The average Bonchev–Trinajstić information content (AvgIpc) is 2.41. The fraction of sp³-hybridized carbons (Fsp3) is 0.750. The Morgan fingerprint density at radius 3 is 2.15 bits per heavy atom. The Bertz CT molecular complexity index is 295. The average molecular weight is 284 g/mol. The maximum atomic E-state index is 11.4. The van der Waals surface area contributed by atoms with Crippen LogP contribution in [0.1, 0.15) is 59.3 Å². The molecule has 0 bridgehead atoms. The molecule has 0 radical (unpaired) electrons. The van der Waals surface area contributed by atoms with E-state index in [4.69, 9.17) is 9.47 Å². The third kappa shape index (κ3) is 13.1. The molecule has 0 aliphatic heterocycles. The van der Waals surface area contributed by atoms with E-state index in [-0.39, 0.29) is 11.9 Å². The van der Waals surface area contributed by atoms with Crippen molar-refractivity contribution in [1.29, 1.82) is 0 Å². The molecule has 0 saturated carbocycles. The largest absolute Gasteiger partial charge is 0.465 e. The molecule has 0 atom stereocenters. The van der Waals surface area contributed by atoms with Gasteiger partial charge in [-0.3, -0.25) is 9.59 Å². The Hall–Kier alpha value is -1.32. The summed E-state index contributed by atoms with van der Waals surface area (Å²) in [7, 11) is 0. The van der Waals surface area contributed by atoms with Crippen LogP contribution in [0.5, 0.6) is 0 Å². The van der Waals surface area contributed by atoms with Gasteiger partial charge < -0.3 is 9.47 Å². The Kier molecular flexibility index (Phi) is 11.9. The molecule has 0 saturated heterocycles. The summed E-state index contributed by atoms with van der Waals surface area (Å²) in [6, 6.07) is 0. The van der Waals surface area contributed by atoms with Gasteiger partial charge in [0.05, 0.1) is 13.2 Å². The lowest BCUT2D eigenvalue weighted by Gasteiger charge is -2.07. The molecule has 0 spiro atoms. The monoisotopic (exact) mass is 284 g/mol. The van der Waals surface area contributed by atoms with E-state index in [1.54, 1.807) is 0 Å². The maximum absolute atomic E-state index is 11.4. The van der Waals surface area contributed by atoms with Gasteiger partial charge in [-0.25, -0.2) is 0 Å². The summed E-state index contributed by atoms with van der Waals surface area (Å²) in [6.45, 7) is 6.96. The van der Waals surface area contributed by atoms with Crippen LogP contribution in [0.2, 0.25) is 0 Å².